The van der Waals surface area contributed by atoms with Crippen molar-refractivity contribution in [2.24, 2.45) is 0 Å². The summed E-state index contributed by atoms with van der Waals surface area (Å²) in [7, 11) is -3.19. The maximum Gasteiger partial charge on any atom is 0.171 e. The molecular formula is C34H25OP. The van der Waals surface area contributed by atoms with Crippen molar-refractivity contribution in [3.05, 3.63) is 152 Å². The van der Waals surface area contributed by atoms with E-state index in [2.05, 4.69) is 78.9 Å². The van der Waals surface area contributed by atoms with Crippen molar-refractivity contribution in [3.63, 3.8) is 0 Å². The summed E-state index contributed by atoms with van der Waals surface area (Å²) >= 11 is 0. The van der Waals surface area contributed by atoms with Gasteiger partial charge in [0, 0.05) is 21.5 Å². The summed E-state index contributed by atoms with van der Waals surface area (Å²) in [4.78, 5) is 0. The molecule has 2 heteroatoms. The summed E-state index contributed by atoms with van der Waals surface area (Å²) in [6.45, 7) is 0. The summed E-state index contributed by atoms with van der Waals surface area (Å²) in [5.41, 5.74) is 4.27. The van der Waals surface area contributed by atoms with Gasteiger partial charge >= 0.3 is 0 Å². The van der Waals surface area contributed by atoms with E-state index in [0.717, 1.165) is 43.6 Å². The maximum atomic E-state index is 15.5. The summed E-state index contributed by atoms with van der Waals surface area (Å²) < 4.78 is 15.5. The molecule has 0 saturated carbocycles. The summed E-state index contributed by atoms with van der Waals surface area (Å²) in [6.07, 6.45) is 0. The monoisotopic (exact) mass is 480 g/mol. The van der Waals surface area contributed by atoms with E-state index in [1.807, 2.05) is 72.8 Å². The molecule has 0 amide bonds. The first-order valence-electron chi connectivity index (χ1n) is 12.1. The Morgan fingerprint density at radius 2 is 0.972 bits per heavy atom. The molecule has 0 aliphatic carbocycles. The molecule has 0 N–H and O–H groups in total. The van der Waals surface area contributed by atoms with Crippen LogP contribution in [-0.4, -0.2) is 0 Å². The van der Waals surface area contributed by atoms with E-state index < -0.39 is 7.14 Å². The van der Waals surface area contributed by atoms with E-state index in [1.165, 1.54) is 5.39 Å². The SMILES string of the molecule is O=P(c1ccccc1)(c1ccccc1)c1cccc(-c2ccccc2)c1-c1ccc2ccccc2c1. The Morgan fingerprint density at radius 3 is 1.61 bits per heavy atom. The number of fused-ring (bicyclic) bond motifs is 1. The van der Waals surface area contributed by atoms with Crippen molar-refractivity contribution in [2.45, 2.75) is 0 Å². The molecule has 0 heterocycles. The number of rotatable bonds is 5. The highest BCUT2D eigenvalue weighted by molar-refractivity contribution is 7.85. The van der Waals surface area contributed by atoms with Crippen LogP contribution >= 0.6 is 7.14 Å². The topological polar surface area (TPSA) is 17.1 Å². The second-order valence-electron chi connectivity index (χ2n) is 8.91. The van der Waals surface area contributed by atoms with Crippen LogP contribution < -0.4 is 15.9 Å². The lowest BCUT2D eigenvalue weighted by Crippen LogP contribution is -2.26. The zero-order valence-electron chi connectivity index (χ0n) is 19.8. The fourth-order valence-electron chi connectivity index (χ4n) is 5.01. The number of hydrogen-bond acceptors (Lipinski definition) is 1. The van der Waals surface area contributed by atoms with E-state index in [1.54, 1.807) is 0 Å². The minimum absolute atomic E-state index is 0.837. The second kappa shape index (κ2) is 9.46. The van der Waals surface area contributed by atoms with Gasteiger partial charge in [0.05, 0.1) is 0 Å². The Kier molecular flexibility index (Phi) is 5.85. The molecule has 1 nitrogen and oxygen atoms in total. The van der Waals surface area contributed by atoms with Gasteiger partial charge in [-0.2, -0.15) is 0 Å². The first kappa shape index (κ1) is 22.3. The van der Waals surface area contributed by atoms with Gasteiger partial charge < -0.3 is 4.57 Å². The van der Waals surface area contributed by atoms with Crippen LogP contribution in [0.1, 0.15) is 0 Å². The van der Waals surface area contributed by atoms with Gasteiger partial charge in [0.25, 0.3) is 0 Å². The predicted molar refractivity (Wildman–Crippen MR) is 154 cm³/mol. The van der Waals surface area contributed by atoms with Gasteiger partial charge in [-0.25, -0.2) is 0 Å². The van der Waals surface area contributed by atoms with Crippen LogP contribution in [0.4, 0.5) is 0 Å². The Balaban J connectivity index is 1.72. The quantitative estimate of drug-likeness (QED) is 0.230. The van der Waals surface area contributed by atoms with E-state index in [0.29, 0.717) is 0 Å². The van der Waals surface area contributed by atoms with Crippen molar-refractivity contribution in [3.8, 4) is 22.3 Å². The van der Waals surface area contributed by atoms with Gasteiger partial charge in [-0.15, -0.1) is 0 Å². The van der Waals surface area contributed by atoms with Crippen LogP contribution in [-0.2, 0) is 4.57 Å². The Labute approximate surface area is 212 Å². The number of benzene rings is 6. The highest BCUT2D eigenvalue weighted by Gasteiger charge is 2.33. The first-order chi connectivity index (χ1) is 17.7. The molecule has 0 radical (unpaired) electrons. The standard InChI is InChI=1S/C34H25OP/c35-36(30-17-6-2-7-18-30,31-19-8-3-9-20-31)33-22-12-21-32(27-14-4-1-5-15-27)34(33)29-24-23-26-13-10-11-16-28(26)25-29/h1-25H. The Hall–Kier alpha value is -4.19. The van der Waals surface area contributed by atoms with Crippen LogP contribution in [0.25, 0.3) is 33.0 Å². The highest BCUT2D eigenvalue weighted by Crippen LogP contribution is 2.47. The predicted octanol–water partition coefficient (Wildman–Crippen LogP) is 7.81. The smallest absolute Gasteiger partial charge is 0.171 e. The van der Waals surface area contributed by atoms with Crippen LogP contribution in [0.3, 0.4) is 0 Å². The minimum Gasteiger partial charge on any atom is -0.309 e. The molecule has 0 bridgehead atoms. The Bertz CT molecular complexity index is 1650. The molecule has 0 spiro atoms. The van der Waals surface area contributed by atoms with E-state index in [9.17, 15) is 0 Å². The third-order valence-electron chi connectivity index (χ3n) is 6.74. The van der Waals surface area contributed by atoms with Gasteiger partial charge in [-0.05, 0) is 33.5 Å². The van der Waals surface area contributed by atoms with Crippen LogP contribution in [0.5, 0.6) is 0 Å². The van der Waals surface area contributed by atoms with E-state index >= 15 is 4.57 Å². The van der Waals surface area contributed by atoms with Gasteiger partial charge in [-0.1, -0.05) is 146 Å². The van der Waals surface area contributed by atoms with Crippen molar-refractivity contribution in [1.82, 2.24) is 0 Å². The maximum absolute atomic E-state index is 15.5. The molecule has 0 unspecified atom stereocenters. The van der Waals surface area contributed by atoms with Crippen LogP contribution in [0.15, 0.2) is 152 Å². The third kappa shape index (κ3) is 3.88. The fraction of sp³-hybridized carbons (Fsp3) is 0. The molecule has 0 aliphatic rings. The summed E-state index contributed by atoms with van der Waals surface area (Å²) in [5, 5.41) is 4.88. The van der Waals surface area contributed by atoms with Crippen LogP contribution in [0.2, 0.25) is 0 Å². The van der Waals surface area contributed by atoms with Crippen molar-refractivity contribution < 1.29 is 4.57 Å². The van der Waals surface area contributed by atoms with Crippen LogP contribution in [0, 0.1) is 0 Å². The normalized spacial score (nSPS) is 11.4. The van der Waals surface area contributed by atoms with Gasteiger partial charge in [-0.3, -0.25) is 0 Å². The largest absolute Gasteiger partial charge is 0.309 e. The fourth-order valence-corrected chi connectivity index (χ4v) is 7.91. The minimum atomic E-state index is -3.19. The lowest BCUT2D eigenvalue weighted by Gasteiger charge is -2.25. The molecule has 0 aromatic heterocycles. The Morgan fingerprint density at radius 1 is 0.417 bits per heavy atom. The third-order valence-corrected chi connectivity index (χ3v) is 9.85. The molecular weight excluding hydrogens is 455 g/mol. The molecule has 0 aliphatic heterocycles. The molecule has 0 atom stereocenters. The van der Waals surface area contributed by atoms with E-state index in [-0.39, 0.29) is 0 Å². The molecule has 6 aromatic carbocycles. The summed E-state index contributed by atoms with van der Waals surface area (Å²) in [6, 6.07) is 51.4. The number of hydrogen-bond donors (Lipinski definition) is 0. The molecule has 172 valence electrons. The lowest BCUT2D eigenvalue weighted by molar-refractivity contribution is 0.592. The molecule has 6 rings (SSSR count). The molecule has 0 saturated heterocycles. The zero-order valence-corrected chi connectivity index (χ0v) is 20.7. The molecule has 0 fully saturated rings. The van der Waals surface area contributed by atoms with Crippen molar-refractivity contribution in [2.75, 3.05) is 0 Å². The van der Waals surface area contributed by atoms with Gasteiger partial charge in [0.1, 0.15) is 0 Å². The van der Waals surface area contributed by atoms with Gasteiger partial charge in [0.15, 0.2) is 7.14 Å². The zero-order chi connectivity index (χ0) is 24.4. The van der Waals surface area contributed by atoms with E-state index in [4.69, 9.17) is 0 Å². The van der Waals surface area contributed by atoms with Crippen molar-refractivity contribution >= 4 is 33.8 Å². The molecule has 36 heavy (non-hydrogen) atoms. The second-order valence-corrected chi connectivity index (χ2v) is 11.6. The molecule has 6 aromatic rings. The average molecular weight is 481 g/mol. The lowest BCUT2D eigenvalue weighted by atomic mass is 9.93. The highest BCUT2D eigenvalue weighted by atomic mass is 31.2. The summed E-state index contributed by atoms with van der Waals surface area (Å²) in [5.74, 6) is 0. The first-order valence-corrected chi connectivity index (χ1v) is 13.9. The van der Waals surface area contributed by atoms with Crippen molar-refractivity contribution in [1.29, 1.82) is 0 Å². The average Bonchev–Trinajstić information content (AvgIpc) is 2.97. The van der Waals surface area contributed by atoms with Gasteiger partial charge in [0.2, 0.25) is 0 Å².